The van der Waals surface area contributed by atoms with Crippen molar-refractivity contribution >= 4 is 33.9 Å². The summed E-state index contributed by atoms with van der Waals surface area (Å²) in [7, 11) is 0. The van der Waals surface area contributed by atoms with E-state index in [1.807, 2.05) is 41.8 Å². The van der Waals surface area contributed by atoms with Crippen LogP contribution in [0, 0.1) is 0 Å². The Bertz CT molecular complexity index is 1100. The van der Waals surface area contributed by atoms with Gasteiger partial charge < -0.3 is 9.73 Å². The molecule has 2 aromatic carbocycles. The molecule has 0 radical (unpaired) electrons. The average Bonchev–Trinajstić information content (AvgIpc) is 3.18. The van der Waals surface area contributed by atoms with Gasteiger partial charge in [-0.3, -0.25) is 9.59 Å². The van der Waals surface area contributed by atoms with Crippen LogP contribution in [0.15, 0.2) is 81.3 Å². The molecular weight excluding hydrogens is 334 g/mol. The molecule has 0 fully saturated rings. The maximum absolute atomic E-state index is 12.5. The zero-order valence-corrected chi connectivity index (χ0v) is 13.9. The molecule has 25 heavy (non-hydrogen) atoms. The van der Waals surface area contributed by atoms with Crippen molar-refractivity contribution in [2.24, 2.45) is 0 Å². The fraction of sp³-hybridized carbons (Fsp3) is 0. The smallest absolute Gasteiger partial charge is 0.265 e. The molecule has 1 amide bonds. The second-order valence-corrected chi connectivity index (χ2v) is 6.43. The van der Waals surface area contributed by atoms with Gasteiger partial charge in [0.1, 0.15) is 11.3 Å². The minimum atomic E-state index is -0.195. The minimum Gasteiger partial charge on any atom is -0.456 e. The van der Waals surface area contributed by atoms with Crippen LogP contribution in [0.25, 0.3) is 22.3 Å². The van der Waals surface area contributed by atoms with Gasteiger partial charge in [-0.05, 0) is 29.6 Å². The lowest BCUT2D eigenvalue weighted by molar-refractivity contribution is 0.103. The number of carbonyl (C=O) groups is 1. The van der Waals surface area contributed by atoms with Gasteiger partial charge in [0.05, 0.1) is 10.3 Å². The average molecular weight is 347 g/mol. The van der Waals surface area contributed by atoms with E-state index >= 15 is 0 Å². The molecule has 4 rings (SSSR count). The highest BCUT2D eigenvalue weighted by Gasteiger charge is 2.10. The van der Waals surface area contributed by atoms with Crippen LogP contribution in [-0.4, -0.2) is 5.91 Å². The van der Waals surface area contributed by atoms with Crippen molar-refractivity contribution < 1.29 is 9.21 Å². The SMILES string of the molecule is O=C(Nc1ccc2oc(-c3ccccc3)cc(=O)c2c1)c1cccs1. The fourth-order valence-corrected chi connectivity index (χ4v) is 3.20. The molecule has 0 aliphatic rings. The number of benzene rings is 2. The minimum absolute atomic E-state index is 0.146. The van der Waals surface area contributed by atoms with Gasteiger partial charge in [0.15, 0.2) is 5.43 Å². The number of hydrogen-bond acceptors (Lipinski definition) is 4. The zero-order chi connectivity index (χ0) is 17.2. The van der Waals surface area contributed by atoms with Crippen molar-refractivity contribution in [3.63, 3.8) is 0 Å². The molecule has 0 spiro atoms. The maximum Gasteiger partial charge on any atom is 0.265 e. The van der Waals surface area contributed by atoms with Gasteiger partial charge in [-0.25, -0.2) is 0 Å². The number of anilines is 1. The highest BCUT2D eigenvalue weighted by molar-refractivity contribution is 7.12. The standard InChI is InChI=1S/C20H13NO3S/c22-16-12-18(13-5-2-1-3-6-13)24-17-9-8-14(11-15(16)17)21-20(23)19-7-4-10-25-19/h1-12H,(H,21,23). The van der Waals surface area contributed by atoms with Crippen LogP contribution in [0.4, 0.5) is 5.69 Å². The summed E-state index contributed by atoms with van der Waals surface area (Å²) in [5.41, 5.74) is 1.75. The Kier molecular flexibility index (Phi) is 3.91. The predicted octanol–water partition coefficient (Wildman–Crippen LogP) is 4.77. The zero-order valence-electron chi connectivity index (χ0n) is 13.1. The van der Waals surface area contributed by atoms with Crippen LogP contribution in [-0.2, 0) is 0 Å². The normalized spacial score (nSPS) is 10.7. The number of nitrogens with one attached hydrogen (secondary N) is 1. The van der Waals surface area contributed by atoms with E-state index in [1.54, 1.807) is 24.3 Å². The first-order valence-electron chi connectivity index (χ1n) is 7.69. The Morgan fingerprint density at radius 3 is 2.56 bits per heavy atom. The van der Waals surface area contributed by atoms with E-state index in [2.05, 4.69) is 5.32 Å². The lowest BCUT2D eigenvalue weighted by Crippen LogP contribution is -2.10. The molecule has 122 valence electrons. The molecule has 0 aliphatic carbocycles. The van der Waals surface area contributed by atoms with Gasteiger partial charge in [0.25, 0.3) is 5.91 Å². The molecule has 0 saturated heterocycles. The summed E-state index contributed by atoms with van der Waals surface area (Å²) in [5, 5.41) is 5.08. The Morgan fingerprint density at radius 2 is 1.80 bits per heavy atom. The van der Waals surface area contributed by atoms with Crippen molar-refractivity contribution in [2.75, 3.05) is 5.32 Å². The molecule has 0 bridgehead atoms. The molecule has 2 aromatic heterocycles. The largest absolute Gasteiger partial charge is 0.456 e. The Hall–Kier alpha value is -3.18. The summed E-state index contributed by atoms with van der Waals surface area (Å²) in [5.74, 6) is 0.327. The lowest BCUT2D eigenvalue weighted by Gasteiger charge is -2.06. The van der Waals surface area contributed by atoms with Crippen molar-refractivity contribution in [2.45, 2.75) is 0 Å². The topological polar surface area (TPSA) is 59.3 Å². The monoisotopic (exact) mass is 347 g/mol. The van der Waals surface area contributed by atoms with E-state index in [-0.39, 0.29) is 11.3 Å². The van der Waals surface area contributed by atoms with Crippen LogP contribution >= 0.6 is 11.3 Å². The highest BCUT2D eigenvalue weighted by Crippen LogP contribution is 2.24. The van der Waals surface area contributed by atoms with Crippen molar-refractivity contribution in [3.8, 4) is 11.3 Å². The lowest BCUT2D eigenvalue weighted by atomic mass is 10.1. The van der Waals surface area contributed by atoms with Crippen molar-refractivity contribution in [1.82, 2.24) is 0 Å². The number of thiophene rings is 1. The van der Waals surface area contributed by atoms with Crippen LogP contribution in [0.2, 0.25) is 0 Å². The summed E-state index contributed by atoms with van der Waals surface area (Å²) in [6.07, 6.45) is 0. The van der Waals surface area contributed by atoms with Crippen LogP contribution in [0.3, 0.4) is 0 Å². The molecule has 2 heterocycles. The van der Waals surface area contributed by atoms with Gasteiger partial charge >= 0.3 is 0 Å². The molecule has 4 aromatic rings. The number of amides is 1. The first kappa shape index (κ1) is 15.4. The third-order valence-corrected chi connectivity index (χ3v) is 4.66. The maximum atomic E-state index is 12.5. The second-order valence-electron chi connectivity index (χ2n) is 5.48. The Morgan fingerprint density at radius 1 is 0.960 bits per heavy atom. The van der Waals surface area contributed by atoms with Gasteiger partial charge in [-0.2, -0.15) is 0 Å². The first-order valence-corrected chi connectivity index (χ1v) is 8.57. The van der Waals surface area contributed by atoms with E-state index in [4.69, 9.17) is 4.42 Å². The van der Waals surface area contributed by atoms with Gasteiger partial charge in [-0.15, -0.1) is 11.3 Å². The summed E-state index contributed by atoms with van der Waals surface area (Å²) in [6.45, 7) is 0. The van der Waals surface area contributed by atoms with E-state index in [0.29, 0.717) is 27.3 Å². The molecule has 0 unspecified atom stereocenters. The molecule has 0 aliphatic heterocycles. The molecule has 5 heteroatoms. The van der Waals surface area contributed by atoms with E-state index in [1.165, 1.54) is 17.4 Å². The summed E-state index contributed by atoms with van der Waals surface area (Å²) < 4.78 is 5.85. The second kappa shape index (κ2) is 6.37. The van der Waals surface area contributed by atoms with Crippen LogP contribution in [0.1, 0.15) is 9.67 Å². The summed E-state index contributed by atoms with van der Waals surface area (Å²) >= 11 is 1.36. The van der Waals surface area contributed by atoms with E-state index in [9.17, 15) is 9.59 Å². The highest BCUT2D eigenvalue weighted by atomic mass is 32.1. The third kappa shape index (κ3) is 3.09. The van der Waals surface area contributed by atoms with Gasteiger partial charge in [0.2, 0.25) is 0 Å². The van der Waals surface area contributed by atoms with Gasteiger partial charge in [0, 0.05) is 17.3 Å². The number of hydrogen-bond donors (Lipinski definition) is 1. The summed E-state index contributed by atoms with van der Waals surface area (Å²) in [4.78, 5) is 25.2. The Labute approximate surface area is 147 Å². The first-order chi connectivity index (χ1) is 12.2. The molecule has 1 N–H and O–H groups in total. The molecule has 4 nitrogen and oxygen atoms in total. The molecule has 0 saturated carbocycles. The number of carbonyl (C=O) groups excluding carboxylic acids is 1. The molecule has 0 atom stereocenters. The quantitative estimate of drug-likeness (QED) is 0.580. The van der Waals surface area contributed by atoms with E-state index < -0.39 is 0 Å². The van der Waals surface area contributed by atoms with E-state index in [0.717, 1.165) is 5.56 Å². The molecular formula is C20H13NO3S. The van der Waals surface area contributed by atoms with Crippen molar-refractivity contribution in [3.05, 3.63) is 87.2 Å². The third-order valence-electron chi connectivity index (χ3n) is 3.79. The van der Waals surface area contributed by atoms with Crippen LogP contribution in [0.5, 0.6) is 0 Å². The number of rotatable bonds is 3. The Balaban J connectivity index is 1.71. The van der Waals surface area contributed by atoms with Gasteiger partial charge in [-0.1, -0.05) is 36.4 Å². The van der Waals surface area contributed by atoms with Crippen LogP contribution < -0.4 is 10.7 Å². The predicted molar refractivity (Wildman–Crippen MR) is 100 cm³/mol. The van der Waals surface area contributed by atoms with Crippen molar-refractivity contribution in [1.29, 1.82) is 0 Å². The summed E-state index contributed by atoms with van der Waals surface area (Å²) in [6, 6.07) is 19.6. The number of fused-ring (bicyclic) bond motifs is 1. The fourth-order valence-electron chi connectivity index (χ4n) is 2.58.